The summed E-state index contributed by atoms with van der Waals surface area (Å²) in [5.74, 6) is -1.12. The molecule has 0 radical (unpaired) electrons. The molecule has 5 heteroatoms. The van der Waals surface area contributed by atoms with E-state index < -0.39 is 17.7 Å². The molecule has 0 aromatic heterocycles. The van der Waals surface area contributed by atoms with Gasteiger partial charge in [0.15, 0.2) is 0 Å². The number of β-amino-alcohol motifs (C(OH)–C–C–N with tert-alkyl or cyclic N) is 1. The molecule has 1 aliphatic rings. The van der Waals surface area contributed by atoms with Crippen LogP contribution in [0, 0.1) is 11.6 Å². The summed E-state index contributed by atoms with van der Waals surface area (Å²) in [5, 5.41) is 9.98. The fourth-order valence-electron chi connectivity index (χ4n) is 2.17. The molecular weight excluding hydrogens is 240 g/mol. The summed E-state index contributed by atoms with van der Waals surface area (Å²) in [4.78, 5) is 1.99. The lowest BCUT2D eigenvalue weighted by atomic mass is 10.1. The zero-order valence-electron chi connectivity index (χ0n) is 10.3. The van der Waals surface area contributed by atoms with E-state index in [0.29, 0.717) is 19.7 Å². The Hall–Kier alpha value is -1.04. The van der Waals surface area contributed by atoms with Crippen LogP contribution in [0.3, 0.4) is 0 Å². The van der Waals surface area contributed by atoms with Gasteiger partial charge in [-0.25, -0.2) is 8.78 Å². The van der Waals surface area contributed by atoms with Crippen molar-refractivity contribution in [3.05, 3.63) is 35.4 Å². The molecule has 1 aromatic rings. The highest BCUT2D eigenvalue weighted by Crippen LogP contribution is 2.20. The summed E-state index contributed by atoms with van der Waals surface area (Å²) < 4.78 is 31.9. The van der Waals surface area contributed by atoms with E-state index in [9.17, 15) is 13.9 Å². The number of halogens is 2. The molecule has 3 nitrogen and oxygen atoms in total. The van der Waals surface area contributed by atoms with Gasteiger partial charge in [-0.1, -0.05) is 0 Å². The molecule has 0 aliphatic carbocycles. The van der Waals surface area contributed by atoms with Gasteiger partial charge in [-0.2, -0.15) is 0 Å². The minimum absolute atomic E-state index is 0.00847. The zero-order chi connectivity index (χ0) is 13.1. The molecule has 2 unspecified atom stereocenters. The van der Waals surface area contributed by atoms with E-state index in [4.69, 9.17) is 4.74 Å². The first-order valence-corrected chi connectivity index (χ1v) is 6.03. The van der Waals surface area contributed by atoms with Crippen LogP contribution in [0.5, 0.6) is 0 Å². The van der Waals surface area contributed by atoms with Gasteiger partial charge in [-0.15, -0.1) is 0 Å². The van der Waals surface area contributed by atoms with Gasteiger partial charge in [0.05, 0.1) is 18.8 Å². The molecule has 2 atom stereocenters. The van der Waals surface area contributed by atoms with Gasteiger partial charge < -0.3 is 9.84 Å². The first-order valence-electron chi connectivity index (χ1n) is 6.03. The topological polar surface area (TPSA) is 32.7 Å². The second kappa shape index (κ2) is 5.73. The van der Waals surface area contributed by atoms with Crippen LogP contribution in [-0.4, -0.2) is 42.4 Å². The van der Waals surface area contributed by atoms with Crippen LogP contribution < -0.4 is 0 Å². The second-order valence-electron chi connectivity index (χ2n) is 4.62. The molecular formula is C13H17F2NO2. The smallest absolute Gasteiger partial charge is 0.129 e. The van der Waals surface area contributed by atoms with E-state index in [1.54, 1.807) is 0 Å². The van der Waals surface area contributed by atoms with Crippen molar-refractivity contribution in [3.8, 4) is 0 Å². The van der Waals surface area contributed by atoms with Gasteiger partial charge >= 0.3 is 0 Å². The molecule has 0 bridgehead atoms. The quantitative estimate of drug-likeness (QED) is 0.895. The summed E-state index contributed by atoms with van der Waals surface area (Å²) in [6.45, 7) is 4.21. The number of benzene rings is 1. The standard InChI is InChI=1S/C13H17F2NO2/c1-9-7-16(4-5-18-9)8-13(17)11-6-10(14)2-3-12(11)15/h2-3,6,9,13,17H,4-5,7-8H2,1H3. The number of hydrogen-bond donors (Lipinski definition) is 1. The van der Waals surface area contributed by atoms with E-state index in [0.717, 1.165) is 18.2 Å². The third-order valence-corrected chi connectivity index (χ3v) is 3.07. The molecule has 1 fully saturated rings. The maximum absolute atomic E-state index is 13.5. The molecule has 0 spiro atoms. The Balaban J connectivity index is 2.02. The molecule has 100 valence electrons. The van der Waals surface area contributed by atoms with Crippen LogP contribution in [0.25, 0.3) is 0 Å². The van der Waals surface area contributed by atoms with Crippen molar-refractivity contribution in [1.82, 2.24) is 4.90 Å². The average Bonchev–Trinajstić information content (AvgIpc) is 2.32. The molecule has 1 aliphatic heterocycles. The maximum Gasteiger partial charge on any atom is 0.129 e. The van der Waals surface area contributed by atoms with Crippen molar-refractivity contribution in [1.29, 1.82) is 0 Å². The van der Waals surface area contributed by atoms with Crippen LogP contribution >= 0.6 is 0 Å². The number of morpholine rings is 1. The minimum atomic E-state index is -1.02. The summed E-state index contributed by atoms with van der Waals surface area (Å²) in [6, 6.07) is 3.13. The van der Waals surface area contributed by atoms with Crippen LogP contribution in [0.4, 0.5) is 8.78 Å². The lowest BCUT2D eigenvalue weighted by Crippen LogP contribution is -2.43. The molecule has 1 saturated heterocycles. The van der Waals surface area contributed by atoms with Crippen LogP contribution in [0.2, 0.25) is 0 Å². The van der Waals surface area contributed by atoms with E-state index in [2.05, 4.69) is 0 Å². The number of rotatable bonds is 3. The van der Waals surface area contributed by atoms with Gasteiger partial charge in [0.2, 0.25) is 0 Å². The molecule has 0 amide bonds. The summed E-state index contributed by atoms with van der Waals surface area (Å²) in [6.07, 6.45) is -0.922. The SMILES string of the molecule is CC1CN(CC(O)c2cc(F)ccc2F)CCO1. The Morgan fingerprint density at radius 1 is 1.50 bits per heavy atom. The highest BCUT2D eigenvalue weighted by Gasteiger charge is 2.21. The van der Waals surface area contributed by atoms with Crippen molar-refractivity contribution < 1.29 is 18.6 Å². The van der Waals surface area contributed by atoms with Gasteiger partial charge in [-0.05, 0) is 25.1 Å². The predicted octanol–water partition coefficient (Wildman–Crippen LogP) is 1.72. The minimum Gasteiger partial charge on any atom is -0.387 e. The monoisotopic (exact) mass is 257 g/mol. The van der Waals surface area contributed by atoms with Crippen LogP contribution in [-0.2, 0) is 4.74 Å². The fourth-order valence-corrected chi connectivity index (χ4v) is 2.17. The lowest BCUT2D eigenvalue weighted by Gasteiger charge is -2.32. The Labute approximate surface area is 105 Å². The zero-order valence-corrected chi connectivity index (χ0v) is 10.3. The molecule has 1 heterocycles. The third-order valence-electron chi connectivity index (χ3n) is 3.07. The maximum atomic E-state index is 13.5. The van der Waals surface area contributed by atoms with E-state index in [1.165, 1.54) is 0 Å². The lowest BCUT2D eigenvalue weighted by molar-refractivity contribution is -0.0322. The van der Waals surface area contributed by atoms with Gasteiger partial charge in [0.1, 0.15) is 11.6 Å². The number of aliphatic hydroxyl groups is 1. The molecule has 0 saturated carbocycles. The molecule has 1 N–H and O–H groups in total. The number of nitrogens with zero attached hydrogens (tertiary/aromatic N) is 1. The Bertz CT molecular complexity index is 414. The van der Waals surface area contributed by atoms with Crippen LogP contribution in [0.15, 0.2) is 18.2 Å². The first-order chi connectivity index (χ1) is 8.56. The average molecular weight is 257 g/mol. The third kappa shape index (κ3) is 3.25. The Morgan fingerprint density at radius 3 is 3.00 bits per heavy atom. The Morgan fingerprint density at radius 2 is 2.28 bits per heavy atom. The molecule has 2 rings (SSSR count). The first kappa shape index (κ1) is 13.4. The van der Waals surface area contributed by atoms with E-state index in [-0.39, 0.29) is 18.2 Å². The number of aliphatic hydroxyl groups excluding tert-OH is 1. The van der Waals surface area contributed by atoms with Crippen molar-refractivity contribution in [2.45, 2.75) is 19.1 Å². The summed E-state index contributed by atoms with van der Waals surface area (Å²) in [7, 11) is 0. The van der Waals surface area contributed by atoms with Crippen molar-refractivity contribution in [2.75, 3.05) is 26.2 Å². The van der Waals surface area contributed by atoms with Crippen molar-refractivity contribution in [3.63, 3.8) is 0 Å². The van der Waals surface area contributed by atoms with Gasteiger partial charge in [-0.3, -0.25) is 4.90 Å². The van der Waals surface area contributed by atoms with Crippen LogP contribution in [0.1, 0.15) is 18.6 Å². The summed E-state index contributed by atoms with van der Waals surface area (Å²) in [5.41, 5.74) is 0.00847. The normalized spacial score (nSPS) is 23.0. The number of hydrogen-bond acceptors (Lipinski definition) is 3. The highest BCUT2D eigenvalue weighted by molar-refractivity contribution is 5.21. The Kier molecular flexibility index (Phi) is 4.27. The van der Waals surface area contributed by atoms with Crippen molar-refractivity contribution >= 4 is 0 Å². The fraction of sp³-hybridized carbons (Fsp3) is 0.538. The number of ether oxygens (including phenoxy) is 1. The summed E-state index contributed by atoms with van der Waals surface area (Å²) >= 11 is 0. The van der Waals surface area contributed by atoms with Gasteiger partial charge in [0.25, 0.3) is 0 Å². The van der Waals surface area contributed by atoms with E-state index >= 15 is 0 Å². The molecule has 1 aromatic carbocycles. The second-order valence-corrected chi connectivity index (χ2v) is 4.62. The molecule has 18 heavy (non-hydrogen) atoms. The highest BCUT2D eigenvalue weighted by atomic mass is 19.1. The predicted molar refractivity (Wildman–Crippen MR) is 63.2 cm³/mol. The van der Waals surface area contributed by atoms with Gasteiger partial charge in [0, 0.05) is 25.2 Å². The van der Waals surface area contributed by atoms with Crippen molar-refractivity contribution in [2.24, 2.45) is 0 Å². The largest absolute Gasteiger partial charge is 0.387 e. The van der Waals surface area contributed by atoms with E-state index in [1.807, 2.05) is 11.8 Å².